The number of nitrogens with zero attached hydrogens (tertiary/aromatic N) is 1. The highest BCUT2D eigenvalue weighted by atomic mass is 32.2. The number of amides is 1. The monoisotopic (exact) mass is 284 g/mol. The molecule has 1 amide bonds. The van der Waals surface area contributed by atoms with Crippen molar-refractivity contribution in [3.05, 3.63) is 0 Å². The average Bonchev–Trinajstić information content (AvgIpc) is 3.17. The maximum absolute atomic E-state index is 12.7. The van der Waals surface area contributed by atoms with Crippen LogP contribution in [0.1, 0.15) is 25.7 Å². The van der Waals surface area contributed by atoms with Crippen molar-refractivity contribution in [2.75, 3.05) is 18.8 Å². The van der Waals surface area contributed by atoms with Gasteiger partial charge in [0, 0.05) is 12.3 Å². The van der Waals surface area contributed by atoms with E-state index in [1.165, 1.54) is 0 Å². The number of carbonyl (C=O) groups is 2. The Morgan fingerprint density at radius 3 is 2.63 bits per heavy atom. The van der Waals surface area contributed by atoms with E-state index in [2.05, 4.69) is 5.32 Å². The predicted octanol–water partition coefficient (Wildman–Crippen LogP) is 0.751. The number of hydrogen-bond donors (Lipinski definition) is 2. The predicted molar refractivity (Wildman–Crippen MR) is 72.8 cm³/mol. The molecule has 19 heavy (non-hydrogen) atoms. The van der Waals surface area contributed by atoms with Gasteiger partial charge in [0.1, 0.15) is 6.04 Å². The largest absolute Gasteiger partial charge is 0.480 e. The molecule has 0 aromatic heterocycles. The van der Waals surface area contributed by atoms with Gasteiger partial charge in [-0.2, -0.15) is 0 Å². The molecule has 3 unspecified atom stereocenters. The lowest BCUT2D eigenvalue weighted by molar-refractivity contribution is -0.151. The Morgan fingerprint density at radius 2 is 2.05 bits per heavy atom. The molecule has 2 N–H and O–H groups in total. The second-order valence-corrected chi connectivity index (χ2v) is 6.85. The van der Waals surface area contributed by atoms with Gasteiger partial charge in [-0.3, -0.25) is 4.79 Å². The summed E-state index contributed by atoms with van der Waals surface area (Å²) in [5, 5.41) is 12.7. The summed E-state index contributed by atoms with van der Waals surface area (Å²) in [6, 6.07) is -0.620. The maximum atomic E-state index is 12.7. The van der Waals surface area contributed by atoms with E-state index in [-0.39, 0.29) is 17.2 Å². The minimum atomic E-state index is -0.854. The summed E-state index contributed by atoms with van der Waals surface area (Å²) in [6.07, 6.45) is 4.16. The molecule has 2 aliphatic heterocycles. The first-order valence-corrected chi connectivity index (χ1v) is 8.10. The first-order valence-electron chi connectivity index (χ1n) is 7.06. The zero-order valence-corrected chi connectivity index (χ0v) is 11.7. The van der Waals surface area contributed by atoms with Crippen LogP contribution in [0.15, 0.2) is 0 Å². The smallest absolute Gasteiger partial charge is 0.327 e. The van der Waals surface area contributed by atoms with Gasteiger partial charge in [0.2, 0.25) is 5.91 Å². The minimum Gasteiger partial charge on any atom is -0.480 e. The maximum Gasteiger partial charge on any atom is 0.327 e. The second kappa shape index (κ2) is 5.32. The molecule has 3 rings (SSSR count). The Kier molecular flexibility index (Phi) is 3.71. The van der Waals surface area contributed by atoms with E-state index < -0.39 is 12.0 Å². The third kappa shape index (κ3) is 2.60. The molecule has 2 saturated heterocycles. The lowest BCUT2D eigenvalue weighted by Crippen LogP contribution is -2.51. The van der Waals surface area contributed by atoms with Gasteiger partial charge in [0.15, 0.2) is 0 Å². The van der Waals surface area contributed by atoms with Crippen LogP contribution >= 0.6 is 11.8 Å². The number of carbonyl (C=O) groups excluding carboxylic acids is 1. The molecule has 2 heterocycles. The van der Waals surface area contributed by atoms with E-state index in [9.17, 15) is 14.7 Å². The fourth-order valence-electron chi connectivity index (χ4n) is 3.01. The van der Waals surface area contributed by atoms with Crippen molar-refractivity contribution in [3.8, 4) is 0 Å². The number of aliphatic carboxylic acids is 1. The normalized spacial score (nSPS) is 35.4. The third-order valence-corrected chi connectivity index (χ3v) is 5.71. The zero-order chi connectivity index (χ0) is 13.4. The van der Waals surface area contributed by atoms with Crippen molar-refractivity contribution < 1.29 is 14.7 Å². The molecule has 5 nitrogen and oxygen atoms in total. The van der Waals surface area contributed by atoms with Gasteiger partial charge in [0.25, 0.3) is 0 Å². The summed E-state index contributed by atoms with van der Waals surface area (Å²) >= 11 is 1.65. The standard InChI is InChI=1S/C13H20N2O3S/c16-11(9-2-1-5-14-6-9)15-10(13(17)18)7-19-12(15)8-3-4-8/h8-10,12,14H,1-7H2,(H,17,18). The Bertz CT molecular complexity index is 380. The molecule has 1 saturated carbocycles. The number of rotatable bonds is 3. The summed E-state index contributed by atoms with van der Waals surface area (Å²) in [7, 11) is 0. The molecule has 0 bridgehead atoms. The SMILES string of the molecule is O=C(O)C1CSC(C2CC2)N1C(=O)C1CCCNC1. The van der Waals surface area contributed by atoms with Crippen LogP contribution in [0.2, 0.25) is 0 Å². The molecule has 3 aliphatic rings. The van der Waals surface area contributed by atoms with Crippen LogP contribution in [-0.2, 0) is 9.59 Å². The topological polar surface area (TPSA) is 69.6 Å². The van der Waals surface area contributed by atoms with Gasteiger partial charge < -0.3 is 15.3 Å². The van der Waals surface area contributed by atoms with Crippen LogP contribution in [0, 0.1) is 11.8 Å². The van der Waals surface area contributed by atoms with Crippen LogP contribution in [-0.4, -0.2) is 52.1 Å². The number of carboxylic acid groups (broad SMARTS) is 1. The molecule has 0 radical (unpaired) electrons. The van der Waals surface area contributed by atoms with Gasteiger partial charge in [-0.25, -0.2) is 4.79 Å². The average molecular weight is 284 g/mol. The lowest BCUT2D eigenvalue weighted by atomic mass is 9.97. The van der Waals surface area contributed by atoms with Crippen molar-refractivity contribution in [2.45, 2.75) is 37.1 Å². The first kappa shape index (κ1) is 13.2. The van der Waals surface area contributed by atoms with Gasteiger partial charge in [0.05, 0.1) is 11.3 Å². The number of piperidine rings is 1. The number of hydrogen-bond acceptors (Lipinski definition) is 4. The highest BCUT2D eigenvalue weighted by Crippen LogP contribution is 2.46. The lowest BCUT2D eigenvalue weighted by Gasteiger charge is -2.32. The number of nitrogens with one attached hydrogen (secondary N) is 1. The van der Waals surface area contributed by atoms with Crippen LogP contribution in [0.3, 0.4) is 0 Å². The van der Waals surface area contributed by atoms with Gasteiger partial charge in [-0.05, 0) is 38.1 Å². The zero-order valence-electron chi connectivity index (χ0n) is 10.9. The number of carboxylic acids is 1. The van der Waals surface area contributed by atoms with Crippen molar-refractivity contribution in [3.63, 3.8) is 0 Å². The Hall–Kier alpha value is -0.750. The number of thioether (sulfide) groups is 1. The van der Waals surface area contributed by atoms with E-state index in [0.29, 0.717) is 18.2 Å². The van der Waals surface area contributed by atoms with E-state index in [4.69, 9.17) is 0 Å². The molecule has 3 fully saturated rings. The van der Waals surface area contributed by atoms with Crippen LogP contribution < -0.4 is 5.32 Å². The van der Waals surface area contributed by atoms with E-state index >= 15 is 0 Å². The molecule has 0 spiro atoms. The molecule has 3 atom stereocenters. The third-order valence-electron chi connectivity index (χ3n) is 4.25. The van der Waals surface area contributed by atoms with Crippen LogP contribution in [0.25, 0.3) is 0 Å². The fraction of sp³-hybridized carbons (Fsp3) is 0.846. The quantitative estimate of drug-likeness (QED) is 0.800. The van der Waals surface area contributed by atoms with Gasteiger partial charge >= 0.3 is 5.97 Å². The highest BCUT2D eigenvalue weighted by Gasteiger charge is 2.49. The molecular formula is C13H20N2O3S. The summed E-state index contributed by atoms with van der Waals surface area (Å²) in [4.78, 5) is 25.7. The summed E-state index contributed by atoms with van der Waals surface area (Å²) in [5.41, 5.74) is 0. The fourth-order valence-corrected chi connectivity index (χ4v) is 4.65. The molecule has 106 valence electrons. The Labute approximate surface area is 117 Å². The van der Waals surface area contributed by atoms with Gasteiger partial charge in [-0.1, -0.05) is 0 Å². The van der Waals surface area contributed by atoms with Crippen LogP contribution in [0.4, 0.5) is 0 Å². The molecule has 0 aromatic rings. The Balaban J connectivity index is 1.76. The molecule has 6 heteroatoms. The second-order valence-electron chi connectivity index (χ2n) is 5.70. The first-order chi connectivity index (χ1) is 9.18. The summed E-state index contributed by atoms with van der Waals surface area (Å²) in [6.45, 7) is 1.66. The molecular weight excluding hydrogens is 264 g/mol. The summed E-state index contributed by atoms with van der Waals surface area (Å²) in [5.74, 6) is 0.238. The van der Waals surface area contributed by atoms with Crippen molar-refractivity contribution >= 4 is 23.6 Å². The summed E-state index contributed by atoms with van der Waals surface area (Å²) < 4.78 is 0. The minimum absolute atomic E-state index is 0.0319. The van der Waals surface area contributed by atoms with Crippen molar-refractivity contribution in [1.82, 2.24) is 10.2 Å². The van der Waals surface area contributed by atoms with Crippen molar-refractivity contribution in [1.29, 1.82) is 0 Å². The van der Waals surface area contributed by atoms with Crippen molar-refractivity contribution in [2.24, 2.45) is 11.8 Å². The highest BCUT2D eigenvalue weighted by molar-refractivity contribution is 8.00. The van der Waals surface area contributed by atoms with E-state index in [1.807, 2.05) is 0 Å². The van der Waals surface area contributed by atoms with E-state index in [1.54, 1.807) is 16.7 Å². The molecule has 1 aliphatic carbocycles. The molecule has 0 aromatic carbocycles. The van der Waals surface area contributed by atoms with Crippen LogP contribution in [0.5, 0.6) is 0 Å². The Morgan fingerprint density at radius 1 is 1.26 bits per heavy atom. The van der Waals surface area contributed by atoms with Gasteiger partial charge in [-0.15, -0.1) is 11.8 Å². The van der Waals surface area contributed by atoms with E-state index in [0.717, 1.165) is 32.2 Å².